The lowest BCUT2D eigenvalue weighted by Crippen LogP contribution is -2.36. The summed E-state index contributed by atoms with van der Waals surface area (Å²) in [5.41, 5.74) is 14.3. The first-order chi connectivity index (χ1) is 10.5. The van der Waals surface area contributed by atoms with Gasteiger partial charge < -0.3 is 16.8 Å². The number of carbonyl (C=O) groups excluding carboxylic acids is 1. The fourth-order valence-corrected chi connectivity index (χ4v) is 2.22. The van der Waals surface area contributed by atoms with Crippen molar-refractivity contribution in [3.63, 3.8) is 0 Å². The maximum absolute atomic E-state index is 12.0. The third-order valence-corrected chi connectivity index (χ3v) is 3.33. The van der Waals surface area contributed by atoms with E-state index in [0.29, 0.717) is 18.2 Å². The standard InChI is InChI=1S/C17H22N4O/c1-11(2)9-15(18)17(22)21-14-5-3-12(4-6-14)13-7-8-20-16(19)10-13/h3-8,10-11,15H,9,18H2,1-2H3,(H2,19,20)(H,21,22)/t15-/m1/s1. The minimum atomic E-state index is -0.486. The first-order valence-electron chi connectivity index (χ1n) is 7.34. The van der Waals surface area contributed by atoms with Gasteiger partial charge in [-0.25, -0.2) is 4.98 Å². The fourth-order valence-electron chi connectivity index (χ4n) is 2.22. The number of aromatic nitrogens is 1. The number of hydrogen-bond acceptors (Lipinski definition) is 4. The minimum Gasteiger partial charge on any atom is -0.384 e. The van der Waals surface area contributed by atoms with E-state index in [1.165, 1.54) is 0 Å². The van der Waals surface area contributed by atoms with Crippen LogP contribution in [0.4, 0.5) is 11.5 Å². The summed E-state index contributed by atoms with van der Waals surface area (Å²) in [5, 5.41) is 2.84. The van der Waals surface area contributed by atoms with E-state index in [2.05, 4.69) is 10.3 Å². The lowest BCUT2D eigenvalue weighted by atomic mass is 10.0. The van der Waals surface area contributed by atoms with E-state index >= 15 is 0 Å². The third-order valence-electron chi connectivity index (χ3n) is 3.33. The van der Waals surface area contributed by atoms with Gasteiger partial charge in [0.15, 0.2) is 0 Å². The van der Waals surface area contributed by atoms with Crippen molar-refractivity contribution in [3.05, 3.63) is 42.6 Å². The van der Waals surface area contributed by atoms with Crippen molar-refractivity contribution < 1.29 is 4.79 Å². The summed E-state index contributed by atoms with van der Waals surface area (Å²) >= 11 is 0. The smallest absolute Gasteiger partial charge is 0.241 e. The average molecular weight is 298 g/mol. The van der Waals surface area contributed by atoms with Crippen LogP contribution >= 0.6 is 0 Å². The molecule has 2 aromatic rings. The Balaban J connectivity index is 2.05. The van der Waals surface area contributed by atoms with Gasteiger partial charge >= 0.3 is 0 Å². The Morgan fingerprint density at radius 1 is 1.18 bits per heavy atom. The second-order valence-electron chi connectivity index (χ2n) is 5.77. The zero-order chi connectivity index (χ0) is 16.1. The number of nitrogen functional groups attached to an aromatic ring is 1. The fraction of sp³-hybridized carbons (Fsp3) is 0.294. The molecule has 0 aliphatic rings. The molecule has 5 nitrogen and oxygen atoms in total. The number of carbonyl (C=O) groups is 1. The average Bonchev–Trinajstić information content (AvgIpc) is 2.47. The van der Waals surface area contributed by atoms with E-state index < -0.39 is 6.04 Å². The first-order valence-corrected chi connectivity index (χ1v) is 7.34. The van der Waals surface area contributed by atoms with E-state index in [4.69, 9.17) is 11.5 Å². The molecule has 116 valence electrons. The Morgan fingerprint density at radius 2 is 1.86 bits per heavy atom. The molecule has 1 aromatic heterocycles. The maximum Gasteiger partial charge on any atom is 0.241 e. The molecular formula is C17H22N4O. The zero-order valence-electron chi connectivity index (χ0n) is 12.9. The number of rotatable bonds is 5. The first kappa shape index (κ1) is 16.0. The van der Waals surface area contributed by atoms with Gasteiger partial charge in [-0.1, -0.05) is 26.0 Å². The summed E-state index contributed by atoms with van der Waals surface area (Å²) in [4.78, 5) is 16.0. The number of nitrogens with one attached hydrogen (secondary N) is 1. The monoisotopic (exact) mass is 298 g/mol. The van der Waals surface area contributed by atoms with Crippen molar-refractivity contribution in [2.24, 2.45) is 11.7 Å². The van der Waals surface area contributed by atoms with Crippen molar-refractivity contribution in [2.45, 2.75) is 26.3 Å². The Bertz CT molecular complexity index is 637. The van der Waals surface area contributed by atoms with Crippen LogP contribution in [0.2, 0.25) is 0 Å². The molecule has 1 aromatic carbocycles. The molecule has 1 amide bonds. The van der Waals surface area contributed by atoms with Gasteiger partial charge in [0.25, 0.3) is 0 Å². The van der Waals surface area contributed by atoms with Crippen molar-refractivity contribution in [3.8, 4) is 11.1 Å². The molecule has 1 atom stereocenters. The van der Waals surface area contributed by atoms with Crippen LogP contribution < -0.4 is 16.8 Å². The Kier molecular flexibility index (Phi) is 5.12. The van der Waals surface area contributed by atoms with E-state index in [9.17, 15) is 4.79 Å². The van der Waals surface area contributed by atoms with Crippen LogP contribution in [0.25, 0.3) is 11.1 Å². The third kappa shape index (κ3) is 4.30. The number of benzene rings is 1. The van der Waals surface area contributed by atoms with E-state index in [0.717, 1.165) is 16.8 Å². The summed E-state index contributed by atoms with van der Waals surface area (Å²) < 4.78 is 0. The van der Waals surface area contributed by atoms with Gasteiger partial charge in [0.1, 0.15) is 5.82 Å². The van der Waals surface area contributed by atoms with E-state index in [1.54, 1.807) is 6.20 Å². The number of hydrogen-bond donors (Lipinski definition) is 3. The molecule has 1 heterocycles. The molecule has 0 aliphatic carbocycles. The number of nitrogens with two attached hydrogens (primary N) is 2. The molecule has 5 N–H and O–H groups in total. The number of anilines is 2. The predicted molar refractivity (Wildman–Crippen MR) is 90.1 cm³/mol. The zero-order valence-corrected chi connectivity index (χ0v) is 12.9. The highest BCUT2D eigenvalue weighted by Crippen LogP contribution is 2.22. The Hall–Kier alpha value is -2.40. The summed E-state index contributed by atoms with van der Waals surface area (Å²) in [7, 11) is 0. The largest absolute Gasteiger partial charge is 0.384 e. The lowest BCUT2D eigenvalue weighted by molar-refractivity contribution is -0.117. The Labute approximate surface area is 130 Å². The van der Waals surface area contributed by atoms with Gasteiger partial charge in [-0.15, -0.1) is 0 Å². The van der Waals surface area contributed by atoms with Crippen molar-refractivity contribution in [1.82, 2.24) is 4.98 Å². The summed E-state index contributed by atoms with van der Waals surface area (Å²) in [6, 6.07) is 10.8. The highest BCUT2D eigenvalue weighted by atomic mass is 16.2. The van der Waals surface area contributed by atoms with E-state index in [1.807, 2.05) is 50.2 Å². The molecule has 0 aliphatic heterocycles. The van der Waals surface area contributed by atoms with Crippen molar-refractivity contribution >= 4 is 17.4 Å². The number of pyridine rings is 1. The summed E-state index contributed by atoms with van der Waals surface area (Å²) in [6.45, 7) is 4.09. The van der Waals surface area contributed by atoms with Crippen LogP contribution in [0.1, 0.15) is 20.3 Å². The molecule has 0 bridgehead atoms. The molecule has 5 heteroatoms. The molecule has 2 rings (SSSR count). The highest BCUT2D eigenvalue weighted by Gasteiger charge is 2.14. The van der Waals surface area contributed by atoms with Crippen LogP contribution in [0.5, 0.6) is 0 Å². The second-order valence-corrected chi connectivity index (χ2v) is 5.77. The van der Waals surface area contributed by atoms with Gasteiger partial charge in [-0.3, -0.25) is 4.79 Å². The molecule has 0 saturated heterocycles. The second kappa shape index (κ2) is 7.04. The Morgan fingerprint density at radius 3 is 2.45 bits per heavy atom. The quantitative estimate of drug-likeness (QED) is 0.791. The summed E-state index contributed by atoms with van der Waals surface area (Å²) in [6.07, 6.45) is 2.34. The number of amides is 1. The molecule has 0 unspecified atom stereocenters. The molecular weight excluding hydrogens is 276 g/mol. The lowest BCUT2D eigenvalue weighted by Gasteiger charge is -2.14. The van der Waals surface area contributed by atoms with Crippen molar-refractivity contribution in [2.75, 3.05) is 11.1 Å². The van der Waals surface area contributed by atoms with Crippen LogP contribution in [0, 0.1) is 5.92 Å². The van der Waals surface area contributed by atoms with Gasteiger partial charge in [0, 0.05) is 11.9 Å². The SMILES string of the molecule is CC(C)C[C@@H](N)C(=O)Nc1ccc(-c2ccnc(N)c2)cc1. The van der Waals surface area contributed by atoms with Gasteiger partial charge in [-0.05, 0) is 47.7 Å². The normalized spacial score (nSPS) is 12.2. The van der Waals surface area contributed by atoms with Gasteiger partial charge in [0.05, 0.1) is 6.04 Å². The number of nitrogens with zero attached hydrogens (tertiary/aromatic N) is 1. The highest BCUT2D eigenvalue weighted by molar-refractivity contribution is 5.94. The molecule has 0 fully saturated rings. The van der Waals surface area contributed by atoms with Crippen LogP contribution in [0.15, 0.2) is 42.6 Å². The van der Waals surface area contributed by atoms with Crippen LogP contribution in [-0.4, -0.2) is 16.9 Å². The van der Waals surface area contributed by atoms with Crippen LogP contribution in [-0.2, 0) is 4.79 Å². The minimum absolute atomic E-state index is 0.158. The van der Waals surface area contributed by atoms with Crippen molar-refractivity contribution in [1.29, 1.82) is 0 Å². The predicted octanol–water partition coefficient (Wildman–Crippen LogP) is 2.64. The maximum atomic E-state index is 12.0. The van der Waals surface area contributed by atoms with Crippen LogP contribution in [0.3, 0.4) is 0 Å². The molecule has 22 heavy (non-hydrogen) atoms. The topological polar surface area (TPSA) is 94.0 Å². The van der Waals surface area contributed by atoms with E-state index in [-0.39, 0.29) is 5.91 Å². The van der Waals surface area contributed by atoms with Gasteiger partial charge in [-0.2, -0.15) is 0 Å². The van der Waals surface area contributed by atoms with Gasteiger partial charge in [0.2, 0.25) is 5.91 Å². The molecule has 0 saturated carbocycles. The summed E-state index contributed by atoms with van der Waals surface area (Å²) in [5.74, 6) is 0.712. The molecule has 0 radical (unpaired) electrons. The molecule has 0 spiro atoms.